The van der Waals surface area contributed by atoms with Gasteiger partial charge in [0.25, 0.3) is 5.69 Å². The molecule has 6 nitrogen and oxygen atoms in total. The molecular weight excluding hydrogens is 282 g/mol. The van der Waals surface area contributed by atoms with E-state index in [4.69, 9.17) is 5.11 Å². The topological polar surface area (TPSA) is 101 Å². The molecule has 7 heteroatoms. The maximum absolute atomic E-state index is 11.1. The molecule has 2 rings (SSSR count). The highest BCUT2D eigenvalue weighted by molar-refractivity contribution is 7.99. The number of hydrogen-bond donors (Lipinski definition) is 2. The lowest BCUT2D eigenvalue weighted by atomic mass is 10.2. The summed E-state index contributed by atoms with van der Waals surface area (Å²) in [5.41, 5.74) is -0.0492. The number of nitrogens with zero attached hydrogens (tertiary/aromatic N) is 1. The summed E-state index contributed by atoms with van der Waals surface area (Å²) in [6, 6.07) is 9.83. The minimum atomic E-state index is -1.15. The Morgan fingerprint density at radius 1 is 1.15 bits per heavy atom. The molecule has 0 heterocycles. The van der Waals surface area contributed by atoms with Crippen molar-refractivity contribution in [3.8, 4) is 5.75 Å². The first-order valence-corrected chi connectivity index (χ1v) is 6.27. The largest absolute Gasteiger partial charge is 0.508 e. The van der Waals surface area contributed by atoms with Crippen LogP contribution in [0.2, 0.25) is 0 Å². The van der Waals surface area contributed by atoms with Crippen LogP contribution in [0.25, 0.3) is 0 Å². The molecule has 0 saturated carbocycles. The molecule has 0 aliphatic heterocycles. The van der Waals surface area contributed by atoms with Crippen molar-refractivity contribution in [2.24, 2.45) is 0 Å². The van der Waals surface area contributed by atoms with Crippen LogP contribution in [0.3, 0.4) is 0 Å². The van der Waals surface area contributed by atoms with Gasteiger partial charge in [-0.1, -0.05) is 11.8 Å². The summed E-state index contributed by atoms with van der Waals surface area (Å²) in [4.78, 5) is 22.3. The Kier molecular flexibility index (Phi) is 3.90. The number of nitro benzene ring substituents is 1. The fourth-order valence-electron chi connectivity index (χ4n) is 1.54. The molecule has 20 heavy (non-hydrogen) atoms. The number of phenolic OH excluding ortho intramolecular Hbond substituents is 1. The van der Waals surface area contributed by atoms with Gasteiger partial charge in [0, 0.05) is 21.9 Å². The molecule has 0 spiro atoms. The Bertz CT molecular complexity index is 669. The van der Waals surface area contributed by atoms with E-state index in [-0.39, 0.29) is 17.0 Å². The summed E-state index contributed by atoms with van der Waals surface area (Å²) in [5, 5.41) is 28.9. The first-order chi connectivity index (χ1) is 9.47. The molecule has 0 aliphatic rings. The average Bonchev–Trinajstić information content (AvgIpc) is 2.41. The van der Waals surface area contributed by atoms with Crippen LogP contribution in [-0.4, -0.2) is 21.1 Å². The third kappa shape index (κ3) is 3.07. The van der Waals surface area contributed by atoms with E-state index < -0.39 is 10.9 Å². The van der Waals surface area contributed by atoms with Crippen molar-refractivity contribution in [1.82, 2.24) is 0 Å². The van der Waals surface area contributed by atoms with Crippen LogP contribution in [0.1, 0.15) is 10.4 Å². The number of aromatic carboxylic acids is 1. The number of phenols is 1. The maximum atomic E-state index is 11.1. The number of non-ortho nitro benzene ring substituents is 1. The van der Waals surface area contributed by atoms with Crippen LogP contribution in [-0.2, 0) is 0 Å². The fourth-order valence-corrected chi connectivity index (χ4v) is 2.46. The summed E-state index contributed by atoms with van der Waals surface area (Å²) in [6.07, 6.45) is 0. The van der Waals surface area contributed by atoms with E-state index in [1.165, 1.54) is 24.3 Å². The third-order valence-electron chi connectivity index (χ3n) is 2.47. The number of carboxylic acid groups (broad SMARTS) is 1. The molecule has 0 fully saturated rings. The first kappa shape index (κ1) is 13.9. The van der Waals surface area contributed by atoms with Crippen LogP contribution in [0.15, 0.2) is 52.3 Å². The Labute approximate surface area is 117 Å². The number of nitro groups is 1. The zero-order chi connectivity index (χ0) is 14.7. The summed E-state index contributed by atoms with van der Waals surface area (Å²) in [6.45, 7) is 0. The molecule has 102 valence electrons. The second kappa shape index (κ2) is 5.62. The van der Waals surface area contributed by atoms with Gasteiger partial charge in [0.2, 0.25) is 0 Å². The normalized spacial score (nSPS) is 10.2. The molecule has 0 amide bonds. The third-order valence-corrected chi connectivity index (χ3v) is 3.55. The van der Waals surface area contributed by atoms with Crippen LogP contribution >= 0.6 is 11.8 Å². The Morgan fingerprint density at radius 2 is 1.80 bits per heavy atom. The van der Waals surface area contributed by atoms with Gasteiger partial charge in [-0.3, -0.25) is 10.1 Å². The number of carboxylic acids is 1. The molecule has 0 radical (unpaired) electrons. The zero-order valence-corrected chi connectivity index (χ0v) is 10.8. The van der Waals surface area contributed by atoms with E-state index in [0.29, 0.717) is 9.79 Å². The lowest BCUT2D eigenvalue weighted by Crippen LogP contribution is -1.98. The van der Waals surface area contributed by atoms with Crippen LogP contribution in [0, 0.1) is 10.1 Å². The van der Waals surface area contributed by atoms with Gasteiger partial charge < -0.3 is 10.2 Å². The molecule has 2 aromatic carbocycles. The molecule has 0 saturated heterocycles. The molecule has 0 atom stereocenters. The van der Waals surface area contributed by atoms with E-state index in [9.17, 15) is 20.0 Å². The number of benzene rings is 2. The van der Waals surface area contributed by atoms with E-state index in [0.717, 1.165) is 17.8 Å². The van der Waals surface area contributed by atoms with E-state index in [1.807, 2.05) is 0 Å². The van der Waals surface area contributed by atoms with E-state index in [2.05, 4.69) is 0 Å². The monoisotopic (exact) mass is 291 g/mol. The second-order valence-corrected chi connectivity index (χ2v) is 4.95. The number of hydrogen-bond acceptors (Lipinski definition) is 5. The maximum Gasteiger partial charge on any atom is 0.336 e. The highest BCUT2D eigenvalue weighted by Crippen LogP contribution is 2.33. The van der Waals surface area contributed by atoms with Crippen molar-refractivity contribution in [2.45, 2.75) is 9.79 Å². The van der Waals surface area contributed by atoms with Gasteiger partial charge in [-0.2, -0.15) is 0 Å². The molecule has 0 aliphatic carbocycles. The van der Waals surface area contributed by atoms with Crippen molar-refractivity contribution in [2.75, 3.05) is 0 Å². The van der Waals surface area contributed by atoms with E-state index in [1.54, 1.807) is 12.1 Å². The highest BCUT2D eigenvalue weighted by atomic mass is 32.2. The Hall–Kier alpha value is -2.54. The van der Waals surface area contributed by atoms with Crippen molar-refractivity contribution < 1.29 is 19.9 Å². The Balaban J connectivity index is 2.30. The van der Waals surface area contributed by atoms with Crippen molar-refractivity contribution in [3.05, 3.63) is 58.1 Å². The van der Waals surface area contributed by atoms with Gasteiger partial charge in [-0.05, 0) is 30.3 Å². The standard InChI is InChI=1S/C13H9NO5S/c15-9-3-6-12(11(7-9)13(16)17)20-10-4-1-8(2-5-10)14(18)19/h1-7,15H,(H,16,17). The van der Waals surface area contributed by atoms with Gasteiger partial charge in [0.1, 0.15) is 5.75 Å². The Morgan fingerprint density at radius 3 is 2.35 bits per heavy atom. The SMILES string of the molecule is O=C(O)c1cc(O)ccc1Sc1ccc([N+](=O)[O-])cc1. The van der Waals surface area contributed by atoms with Gasteiger partial charge in [-0.25, -0.2) is 4.79 Å². The van der Waals surface area contributed by atoms with Crippen LogP contribution in [0.4, 0.5) is 5.69 Å². The summed E-state index contributed by atoms with van der Waals surface area (Å²) < 4.78 is 0. The lowest BCUT2D eigenvalue weighted by Gasteiger charge is -2.06. The van der Waals surface area contributed by atoms with Gasteiger partial charge in [0.05, 0.1) is 10.5 Å². The number of carbonyl (C=O) groups is 1. The van der Waals surface area contributed by atoms with E-state index >= 15 is 0 Å². The first-order valence-electron chi connectivity index (χ1n) is 5.46. The highest BCUT2D eigenvalue weighted by Gasteiger charge is 2.13. The van der Waals surface area contributed by atoms with Gasteiger partial charge in [-0.15, -0.1) is 0 Å². The van der Waals surface area contributed by atoms with Crippen molar-refractivity contribution in [1.29, 1.82) is 0 Å². The number of aromatic hydroxyl groups is 1. The molecular formula is C13H9NO5S. The fraction of sp³-hybridized carbons (Fsp3) is 0. The van der Waals surface area contributed by atoms with Crippen molar-refractivity contribution in [3.63, 3.8) is 0 Å². The van der Waals surface area contributed by atoms with Gasteiger partial charge >= 0.3 is 5.97 Å². The molecule has 2 N–H and O–H groups in total. The summed E-state index contributed by atoms with van der Waals surface area (Å²) >= 11 is 1.16. The van der Waals surface area contributed by atoms with Crippen molar-refractivity contribution >= 4 is 23.4 Å². The smallest absolute Gasteiger partial charge is 0.336 e. The molecule has 2 aromatic rings. The molecule has 0 unspecified atom stereocenters. The summed E-state index contributed by atoms with van der Waals surface area (Å²) in [7, 11) is 0. The number of rotatable bonds is 4. The molecule has 0 aromatic heterocycles. The quantitative estimate of drug-likeness (QED) is 0.663. The second-order valence-electron chi connectivity index (χ2n) is 3.84. The minimum Gasteiger partial charge on any atom is -0.508 e. The lowest BCUT2D eigenvalue weighted by molar-refractivity contribution is -0.384. The predicted molar refractivity (Wildman–Crippen MR) is 72.3 cm³/mol. The zero-order valence-electron chi connectivity index (χ0n) is 10.0. The van der Waals surface area contributed by atoms with Crippen LogP contribution in [0.5, 0.6) is 5.75 Å². The average molecular weight is 291 g/mol. The summed E-state index contributed by atoms with van der Waals surface area (Å²) in [5.74, 6) is -1.28. The predicted octanol–water partition coefficient (Wildman–Crippen LogP) is 3.15. The van der Waals surface area contributed by atoms with Crippen LogP contribution < -0.4 is 0 Å². The minimum absolute atomic E-state index is 0.0200. The molecule has 0 bridgehead atoms. The van der Waals surface area contributed by atoms with Gasteiger partial charge in [0.15, 0.2) is 0 Å².